The van der Waals surface area contributed by atoms with Gasteiger partial charge in [0.15, 0.2) is 0 Å². The van der Waals surface area contributed by atoms with Crippen LogP contribution in [0, 0.1) is 5.41 Å². The van der Waals surface area contributed by atoms with Crippen LogP contribution in [-0.2, 0) is 9.59 Å². The SMILES string of the molecule is CC(C)(C)C(CO)N1C(=O)C=CC1=O. The standard InChI is InChI=1S/C10H15NO3/c1-10(2,3)7(6-12)11-8(13)4-5-9(11)14/h4-5,7,12H,6H2,1-3H3. The molecule has 1 heterocycles. The van der Waals surface area contributed by atoms with E-state index < -0.39 is 6.04 Å². The molecule has 0 saturated heterocycles. The Bertz CT molecular complexity index is 270. The van der Waals surface area contributed by atoms with Gasteiger partial charge >= 0.3 is 0 Å². The Balaban J connectivity index is 2.91. The first-order chi connectivity index (χ1) is 6.38. The van der Waals surface area contributed by atoms with Crippen molar-refractivity contribution in [3.8, 4) is 0 Å². The van der Waals surface area contributed by atoms with Crippen molar-refractivity contribution in [2.45, 2.75) is 26.8 Å². The molecule has 4 heteroatoms. The van der Waals surface area contributed by atoms with E-state index in [1.54, 1.807) is 0 Å². The van der Waals surface area contributed by atoms with E-state index in [2.05, 4.69) is 0 Å². The number of hydrogen-bond donors (Lipinski definition) is 1. The predicted octanol–water partition coefficient (Wildman–Crippen LogP) is 0.318. The normalized spacial score (nSPS) is 19.3. The molecule has 0 bridgehead atoms. The molecule has 0 aromatic rings. The summed E-state index contributed by atoms with van der Waals surface area (Å²) in [6.45, 7) is 5.44. The Morgan fingerprint density at radius 3 is 2.00 bits per heavy atom. The van der Waals surface area contributed by atoms with Crippen molar-refractivity contribution >= 4 is 11.8 Å². The third-order valence-corrected chi connectivity index (χ3v) is 2.33. The zero-order valence-electron chi connectivity index (χ0n) is 8.65. The van der Waals surface area contributed by atoms with Gasteiger partial charge in [0.2, 0.25) is 0 Å². The van der Waals surface area contributed by atoms with Gasteiger partial charge in [-0.15, -0.1) is 0 Å². The topological polar surface area (TPSA) is 57.6 Å². The van der Waals surface area contributed by atoms with Gasteiger partial charge in [0.1, 0.15) is 0 Å². The van der Waals surface area contributed by atoms with Crippen LogP contribution < -0.4 is 0 Å². The molecule has 78 valence electrons. The Morgan fingerprint density at radius 1 is 1.29 bits per heavy atom. The lowest BCUT2D eigenvalue weighted by atomic mass is 9.86. The van der Waals surface area contributed by atoms with Crippen molar-refractivity contribution in [3.05, 3.63) is 12.2 Å². The van der Waals surface area contributed by atoms with E-state index in [1.807, 2.05) is 20.8 Å². The number of carbonyl (C=O) groups excluding carboxylic acids is 2. The number of amides is 2. The molecule has 0 radical (unpaired) electrons. The number of aliphatic hydroxyl groups is 1. The number of nitrogens with zero attached hydrogens (tertiary/aromatic N) is 1. The smallest absolute Gasteiger partial charge is 0.253 e. The van der Waals surface area contributed by atoms with E-state index in [-0.39, 0.29) is 23.8 Å². The van der Waals surface area contributed by atoms with Gasteiger partial charge in [0.25, 0.3) is 11.8 Å². The monoisotopic (exact) mass is 197 g/mol. The van der Waals surface area contributed by atoms with E-state index in [4.69, 9.17) is 0 Å². The van der Waals surface area contributed by atoms with E-state index in [1.165, 1.54) is 12.2 Å². The molecule has 0 aromatic carbocycles. The van der Waals surface area contributed by atoms with E-state index in [0.29, 0.717) is 0 Å². The molecule has 1 rings (SSSR count). The third-order valence-electron chi connectivity index (χ3n) is 2.33. The average Bonchev–Trinajstić information content (AvgIpc) is 2.34. The average molecular weight is 197 g/mol. The lowest BCUT2D eigenvalue weighted by Gasteiger charge is -2.35. The highest BCUT2D eigenvalue weighted by atomic mass is 16.3. The quantitative estimate of drug-likeness (QED) is 0.648. The van der Waals surface area contributed by atoms with E-state index in [9.17, 15) is 14.7 Å². The van der Waals surface area contributed by atoms with Gasteiger partial charge in [0, 0.05) is 12.2 Å². The van der Waals surface area contributed by atoms with Crippen LogP contribution in [-0.4, -0.2) is 34.5 Å². The fraction of sp³-hybridized carbons (Fsp3) is 0.600. The molecule has 0 aromatic heterocycles. The summed E-state index contributed by atoms with van der Waals surface area (Å²) in [6, 6.07) is -0.461. The van der Waals surface area contributed by atoms with Gasteiger partial charge in [-0.25, -0.2) is 0 Å². The fourth-order valence-corrected chi connectivity index (χ4v) is 1.46. The first-order valence-corrected chi connectivity index (χ1v) is 4.54. The van der Waals surface area contributed by atoms with Crippen LogP contribution in [0.4, 0.5) is 0 Å². The second kappa shape index (κ2) is 3.53. The minimum Gasteiger partial charge on any atom is -0.394 e. The molecule has 0 aliphatic carbocycles. The maximum Gasteiger partial charge on any atom is 0.253 e. The summed E-state index contributed by atoms with van der Waals surface area (Å²) in [5.74, 6) is -0.687. The predicted molar refractivity (Wildman–Crippen MR) is 51.3 cm³/mol. The van der Waals surface area contributed by atoms with Crippen LogP contribution in [0.5, 0.6) is 0 Å². The fourth-order valence-electron chi connectivity index (χ4n) is 1.46. The Morgan fingerprint density at radius 2 is 1.71 bits per heavy atom. The Kier molecular flexibility index (Phi) is 2.76. The molecule has 0 saturated carbocycles. The molecule has 1 atom stereocenters. The van der Waals surface area contributed by atoms with Crippen LogP contribution in [0.25, 0.3) is 0 Å². The molecule has 1 aliphatic rings. The second-order valence-corrected chi connectivity index (χ2v) is 4.44. The van der Waals surface area contributed by atoms with Crippen LogP contribution >= 0.6 is 0 Å². The molecule has 1 unspecified atom stereocenters. The van der Waals surface area contributed by atoms with Gasteiger partial charge in [-0.05, 0) is 5.41 Å². The molecule has 2 amide bonds. The largest absolute Gasteiger partial charge is 0.394 e. The van der Waals surface area contributed by atoms with Crippen molar-refractivity contribution < 1.29 is 14.7 Å². The Labute approximate surface area is 83.2 Å². The van der Waals surface area contributed by atoms with Crippen molar-refractivity contribution in [1.82, 2.24) is 4.90 Å². The highest BCUT2D eigenvalue weighted by molar-refractivity contribution is 6.13. The highest BCUT2D eigenvalue weighted by Crippen LogP contribution is 2.26. The first-order valence-electron chi connectivity index (χ1n) is 4.54. The Hall–Kier alpha value is -1.16. The molecule has 14 heavy (non-hydrogen) atoms. The first kappa shape index (κ1) is 10.9. The molecule has 1 N–H and O–H groups in total. The molecular weight excluding hydrogens is 182 g/mol. The summed E-state index contributed by atoms with van der Waals surface area (Å²) < 4.78 is 0. The number of aliphatic hydroxyl groups excluding tert-OH is 1. The zero-order chi connectivity index (χ0) is 10.9. The van der Waals surface area contributed by atoms with Gasteiger partial charge in [-0.3, -0.25) is 14.5 Å². The second-order valence-electron chi connectivity index (χ2n) is 4.44. The maximum atomic E-state index is 11.3. The molecule has 0 spiro atoms. The van der Waals surface area contributed by atoms with Crippen molar-refractivity contribution in [2.75, 3.05) is 6.61 Å². The summed E-state index contributed by atoms with van der Waals surface area (Å²) in [5, 5.41) is 9.18. The van der Waals surface area contributed by atoms with Crippen LogP contribution in [0.1, 0.15) is 20.8 Å². The number of imide groups is 1. The summed E-state index contributed by atoms with van der Waals surface area (Å²) in [5.41, 5.74) is -0.313. The van der Waals surface area contributed by atoms with Crippen LogP contribution in [0.3, 0.4) is 0 Å². The third kappa shape index (κ3) is 1.85. The van der Waals surface area contributed by atoms with Crippen molar-refractivity contribution in [3.63, 3.8) is 0 Å². The molecule has 1 aliphatic heterocycles. The lowest BCUT2D eigenvalue weighted by molar-refractivity contribution is -0.143. The summed E-state index contributed by atoms with van der Waals surface area (Å²) in [6.07, 6.45) is 2.47. The zero-order valence-corrected chi connectivity index (χ0v) is 8.65. The number of carbonyl (C=O) groups is 2. The van der Waals surface area contributed by atoms with Gasteiger partial charge in [-0.2, -0.15) is 0 Å². The highest BCUT2D eigenvalue weighted by Gasteiger charge is 2.37. The van der Waals surface area contributed by atoms with Gasteiger partial charge < -0.3 is 5.11 Å². The number of hydrogen-bond acceptors (Lipinski definition) is 3. The molecule has 4 nitrogen and oxygen atoms in total. The summed E-state index contributed by atoms with van der Waals surface area (Å²) in [4.78, 5) is 23.8. The summed E-state index contributed by atoms with van der Waals surface area (Å²) >= 11 is 0. The number of rotatable bonds is 2. The molecular formula is C10H15NO3. The molecule has 0 fully saturated rings. The summed E-state index contributed by atoms with van der Waals surface area (Å²) in [7, 11) is 0. The minimum atomic E-state index is -0.461. The van der Waals surface area contributed by atoms with Gasteiger partial charge in [-0.1, -0.05) is 20.8 Å². The maximum absolute atomic E-state index is 11.3. The van der Waals surface area contributed by atoms with E-state index in [0.717, 1.165) is 4.90 Å². The lowest BCUT2D eigenvalue weighted by Crippen LogP contribution is -2.49. The van der Waals surface area contributed by atoms with Crippen LogP contribution in [0.2, 0.25) is 0 Å². The van der Waals surface area contributed by atoms with Gasteiger partial charge in [0.05, 0.1) is 12.6 Å². The minimum absolute atomic E-state index is 0.206. The van der Waals surface area contributed by atoms with Crippen LogP contribution in [0.15, 0.2) is 12.2 Å². The van der Waals surface area contributed by atoms with Crippen molar-refractivity contribution in [2.24, 2.45) is 5.41 Å². The van der Waals surface area contributed by atoms with Crippen molar-refractivity contribution in [1.29, 1.82) is 0 Å². The van der Waals surface area contributed by atoms with E-state index >= 15 is 0 Å².